The Hall–Kier alpha value is -1.99. The van der Waals surface area contributed by atoms with Gasteiger partial charge in [-0.05, 0) is 48.0 Å². The number of esters is 1. The summed E-state index contributed by atoms with van der Waals surface area (Å²) in [5.74, 6) is -0.428. The number of rotatable bonds is 6. The second kappa shape index (κ2) is 9.34. The summed E-state index contributed by atoms with van der Waals surface area (Å²) in [6.45, 7) is 10.2. The van der Waals surface area contributed by atoms with E-state index in [1.54, 1.807) is 41.5 Å². The van der Waals surface area contributed by atoms with Crippen LogP contribution < -0.4 is 5.32 Å². The maximum absolute atomic E-state index is 11.8. The monoisotopic (exact) mass is 347 g/mol. The van der Waals surface area contributed by atoms with Crippen molar-refractivity contribution < 1.29 is 33.3 Å². The molecule has 0 aliphatic carbocycles. The summed E-state index contributed by atoms with van der Waals surface area (Å²) in [6, 6.07) is -0.605. The average molecular weight is 347 g/mol. The molecule has 140 valence electrons. The van der Waals surface area contributed by atoms with Crippen LogP contribution in [0.25, 0.3) is 0 Å². The van der Waals surface area contributed by atoms with E-state index in [4.69, 9.17) is 14.2 Å². The molecule has 0 spiro atoms. The van der Waals surface area contributed by atoms with Crippen LogP contribution in [0.5, 0.6) is 0 Å². The number of hydrogen-bond donors (Lipinski definition) is 1. The molecule has 0 radical (unpaired) electrons. The Morgan fingerprint density at radius 3 is 1.96 bits per heavy atom. The Morgan fingerprint density at radius 1 is 0.958 bits per heavy atom. The summed E-state index contributed by atoms with van der Waals surface area (Å²) in [4.78, 5) is 34.7. The zero-order valence-electron chi connectivity index (χ0n) is 15.6. The van der Waals surface area contributed by atoms with Crippen LogP contribution in [0.3, 0.4) is 0 Å². The van der Waals surface area contributed by atoms with Gasteiger partial charge >= 0.3 is 18.2 Å². The zero-order valence-corrected chi connectivity index (χ0v) is 15.6. The fraction of sp³-hybridized carbons (Fsp3) is 0.812. The number of ether oxygens (including phenoxy) is 4. The van der Waals surface area contributed by atoms with Gasteiger partial charge in [-0.15, -0.1) is 0 Å². The summed E-state index contributed by atoms with van der Waals surface area (Å²) in [7, 11) is 1.27. The molecule has 0 aromatic heterocycles. The summed E-state index contributed by atoms with van der Waals surface area (Å²) in [6.07, 6.45) is -1.22. The molecule has 0 aliphatic rings. The molecule has 0 saturated carbocycles. The quantitative estimate of drug-likeness (QED) is 0.582. The maximum Gasteiger partial charge on any atom is 0.508 e. The van der Waals surface area contributed by atoms with Crippen molar-refractivity contribution >= 4 is 18.2 Å². The predicted molar refractivity (Wildman–Crippen MR) is 86.6 cm³/mol. The molecule has 8 nitrogen and oxygen atoms in total. The molecule has 0 heterocycles. The third-order valence-electron chi connectivity index (χ3n) is 2.44. The smallest absolute Gasteiger partial charge is 0.469 e. The van der Waals surface area contributed by atoms with Gasteiger partial charge in [-0.1, -0.05) is 0 Å². The van der Waals surface area contributed by atoms with Crippen molar-refractivity contribution in [1.82, 2.24) is 5.32 Å². The number of carbonyl (C=O) groups is 3. The molecule has 8 heteroatoms. The van der Waals surface area contributed by atoms with E-state index in [9.17, 15) is 14.4 Å². The van der Waals surface area contributed by atoms with E-state index in [-0.39, 0.29) is 19.4 Å². The summed E-state index contributed by atoms with van der Waals surface area (Å²) in [5, 5.41) is 2.57. The fourth-order valence-electron chi connectivity index (χ4n) is 1.51. The Morgan fingerprint density at radius 2 is 1.50 bits per heavy atom. The van der Waals surface area contributed by atoms with E-state index in [2.05, 4.69) is 10.1 Å². The number of amides is 1. The molecule has 0 aromatic carbocycles. The molecule has 0 unspecified atom stereocenters. The highest BCUT2D eigenvalue weighted by atomic mass is 16.7. The molecular formula is C16H29NO7. The van der Waals surface area contributed by atoms with Crippen molar-refractivity contribution in [3.8, 4) is 0 Å². The highest BCUT2D eigenvalue weighted by molar-refractivity contribution is 5.70. The van der Waals surface area contributed by atoms with Gasteiger partial charge in [-0.25, -0.2) is 9.59 Å². The van der Waals surface area contributed by atoms with Gasteiger partial charge in [0.2, 0.25) is 0 Å². The second-order valence-corrected chi connectivity index (χ2v) is 7.23. The molecule has 0 bridgehead atoms. The van der Waals surface area contributed by atoms with E-state index >= 15 is 0 Å². The third kappa shape index (κ3) is 12.5. The first-order valence-electron chi connectivity index (χ1n) is 7.74. The number of hydrogen-bond acceptors (Lipinski definition) is 7. The van der Waals surface area contributed by atoms with Crippen LogP contribution in [0.1, 0.15) is 54.4 Å². The van der Waals surface area contributed by atoms with Gasteiger partial charge < -0.3 is 24.3 Å². The molecule has 1 atom stereocenters. The van der Waals surface area contributed by atoms with Crippen LogP contribution in [-0.2, 0) is 23.7 Å². The predicted octanol–water partition coefficient (Wildman–Crippen LogP) is 2.78. The molecule has 0 fully saturated rings. The van der Waals surface area contributed by atoms with Crippen LogP contribution in [0.2, 0.25) is 0 Å². The van der Waals surface area contributed by atoms with Crippen molar-refractivity contribution in [2.75, 3.05) is 13.7 Å². The standard InChI is InChI=1S/C16H29NO7/c1-15(2,3)23-13(19)17-11(8-9-12(18)21-7)10-22-14(20)24-16(4,5)6/h11H,8-10H2,1-7H3,(H,17,19)/t11-/m0/s1. The number of methoxy groups -OCH3 is 1. The van der Waals surface area contributed by atoms with Crippen LogP contribution in [-0.4, -0.2) is 49.2 Å². The molecule has 0 rings (SSSR count). The zero-order chi connectivity index (χ0) is 19.0. The lowest BCUT2D eigenvalue weighted by Crippen LogP contribution is -2.42. The van der Waals surface area contributed by atoms with Gasteiger partial charge in [0, 0.05) is 6.42 Å². The Balaban J connectivity index is 4.60. The number of alkyl carbamates (subject to hydrolysis) is 1. The average Bonchev–Trinajstić information content (AvgIpc) is 2.37. The van der Waals surface area contributed by atoms with Crippen LogP contribution in [0.15, 0.2) is 0 Å². The largest absolute Gasteiger partial charge is 0.508 e. The lowest BCUT2D eigenvalue weighted by molar-refractivity contribution is -0.140. The molecule has 1 amide bonds. The third-order valence-corrected chi connectivity index (χ3v) is 2.44. The van der Waals surface area contributed by atoms with E-state index in [1.165, 1.54) is 7.11 Å². The van der Waals surface area contributed by atoms with Crippen molar-refractivity contribution in [3.05, 3.63) is 0 Å². The van der Waals surface area contributed by atoms with E-state index in [0.717, 1.165) is 0 Å². The highest BCUT2D eigenvalue weighted by Crippen LogP contribution is 2.10. The van der Waals surface area contributed by atoms with E-state index < -0.39 is 35.5 Å². The van der Waals surface area contributed by atoms with Crippen LogP contribution in [0, 0.1) is 0 Å². The number of nitrogens with one attached hydrogen (secondary N) is 1. The lowest BCUT2D eigenvalue weighted by atomic mass is 10.1. The van der Waals surface area contributed by atoms with E-state index in [1.807, 2.05) is 0 Å². The van der Waals surface area contributed by atoms with Gasteiger partial charge in [0.15, 0.2) is 0 Å². The Kier molecular flexibility index (Phi) is 8.57. The van der Waals surface area contributed by atoms with Crippen molar-refractivity contribution in [3.63, 3.8) is 0 Å². The molecule has 0 aliphatic heterocycles. The SMILES string of the molecule is COC(=O)CC[C@@H](COC(=O)OC(C)(C)C)NC(=O)OC(C)(C)C. The molecule has 24 heavy (non-hydrogen) atoms. The summed E-state index contributed by atoms with van der Waals surface area (Å²) >= 11 is 0. The van der Waals surface area contributed by atoms with Gasteiger partial charge in [0.05, 0.1) is 13.2 Å². The van der Waals surface area contributed by atoms with Gasteiger partial charge in [-0.2, -0.15) is 0 Å². The minimum absolute atomic E-state index is 0.0641. The minimum Gasteiger partial charge on any atom is -0.469 e. The summed E-state index contributed by atoms with van der Waals surface area (Å²) in [5.41, 5.74) is -1.35. The maximum atomic E-state index is 11.8. The Labute approximate surface area is 143 Å². The van der Waals surface area contributed by atoms with Gasteiger partial charge in [0.25, 0.3) is 0 Å². The summed E-state index contributed by atoms with van der Waals surface area (Å²) < 4.78 is 19.7. The first-order chi connectivity index (χ1) is 10.8. The molecular weight excluding hydrogens is 318 g/mol. The topological polar surface area (TPSA) is 100 Å². The van der Waals surface area contributed by atoms with Crippen LogP contribution >= 0.6 is 0 Å². The first kappa shape index (κ1) is 22.0. The lowest BCUT2D eigenvalue weighted by Gasteiger charge is -2.24. The van der Waals surface area contributed by atoms with Gasteiger partial charge in [0.1, 0.15) is 17.8 Å². The minimum atomic E-state index is -0.850. The molecule has 0 aromatic rings. The molecule has 0 saturated heterocycles. The normalized spacial score (nSPS) is 12.8. The van der Waals surface area contributed by atoms with E-state index in [0.29, 0.717) is 0 Å². The second-order valence-electron chi connectivity index (χ2n) is 7.23. The highest BCUT2D eigenvalue weighted by Gasteiger charge is 2.23. The number of carbonyl (C=O) groups excluding carboxylic acids is 3. The van der Waals surface area contributed by atoms with Gasteiger partial charge in [-0.3, -0.25) is 4.79 Å². The first-order valence-corrected chi connectivity index (χ1v) is 7.74. The van der Waals surface area contributed by atoms with Crippen molar-refractivity contribution in [2.24, 2.45) is 0 Å². The fourth-order valence-corrected chi connectivity index (χ4v) is 1.51. The van der Waals surface area contributed by atoms with Crippen molar-refractivity contribution in [2.45, 2.75) is 71.6 Å². The van der Waals surface area contributed by atoms with Crippen LogP contribution in [0.4, 0.5) is 9.59 Å². The van der Waals surface area contributed by atoms with Crippen molar-refractivity contribution in [1.29, 1.82) is 0 Å². The molecule has 1 N–H and O–H groups in total. The Bertz CT molecular complexity index is 435.